The number of phenols is 1. The number of carbonyl (C=O) groups excluding carboxylic acids is 4. The van der Waals surface area contributed by atoms with Gasteiger partial charge in [-0.2, -0.15) is 0 Å². The smallest absolute Gasteiger partial charge is 0.408 e. The van der Waals surface area contributed by atoms with Gasteiger partial charge < -0.3 is 30.1 Å². The van der Waals surface area contributed by atoms with Gasteiger partial charge in [-0.1, -0.05) is 42.5 Å². The number of rotatable bonds is 10. The van der Waals surface area contributed by atoms with Crippen molar-refractivity contribution < 1.29 is 33.8 Å². The van der Waals surface area contributed by atoms with E-state index in [9.17, 15) is 24.3 Å². The van der Waals surface area contributed by atoms with E-state index in [2.05, 4.69) is 15.4 Å². The Bertz CT molecular complexity index is 1070. The first kappa shape index (κ1) is 29.2. The number of hydrogen-bond donors (Lipinski definition) is 3. The number of carbonyl (C=O) groups is 4. The second-order valence-corrected chi connectivity index (χ2v) is 9.30. The van der Waals surface area contributed by atoms with Crippen LogP contribution in [0.1, 0.15) is 44.9 Å². The van der Waals surface area contributed by atoms with Crippen LogP contribution >= 0.6 is 0 Å². The molecule has 0 heterocycles. The van der Waals surface area contributed by atoms with E-state index in [-0.39, 0.29) is 25.3 Å². The van der Waals surface area contributed by atoms with Crippen LogP contribution in [0.25, 0.3) is 0 Å². The van der Waals surface area contributed by atoms with E-state index in [0.717, 1.165) is 5.56 Å². The SMILES string of the molecule is CCN(C(=O)C(Cc1ccccc1)NC(=O)OC(C)(C)C)C(C(=O)NCC(=O)OC)c1ccc(O)cc1. The Kier molecular flexibility index (Phi) is 10.5. The van der Waals surface area contributed by atoms with Gasteiger partial charge in [0, 0.05) is 13.0 Å². The van der Waals surface area contributed by atoms with Gasteiger partial charge in [0.25, 0.3) is 0 Å². The molecule has 2 aromatic rings. The Morgan fingerprint density at radius 3 is 2.16 bits per heavy atom. The van der Waals surface area contributed by atoms with Crippen LogP contribution < -0.4 is 10.6 Å². The van der Waals surface area contributed by atoms with E-state index in [1.807, 2.05) is 30.3 Å². The molecule has 2 atom stereocenters. The highest BCUT2D eigenvalue weighted by Crippen LogP contribution is 2.25. The van der Waals surface area contributed by atoms with Crippen molar-refractivity contribution in [2.24, 2.45) is 0 Å². The molecule has 0 bridgehead atoms. The fourth-order valence-electron chi connectivity index (χ4n) is 3.62. The molecule has 0 aliphatic heterocycles. The van der Waals surface area contributed by atoms with Gasteiger partial charge in [0.15, 0.2) is 0 Å². The van der Waals surface area contributed by atoms with Crippen LogP contribution in [-0.4, -0.2) is 65.7 Å². The van der Waals surface area contributed by atoms with Gasteiger partial charge in [0.2, 0.25) is 11.8 Å². The molecule has 0 aliphatic rings. The van der Waals surface area contributed by atoms with Gasteiger partial charge in [-0.3, -0.25) is 14.4 Å². The first-order valence-electron chi connectivity index (χ1n) is 11.9. The van der Waals surface area contributed by atoms with Gasteiger partial charge in [0.05, 0.1) is 7.11 Å². The highest BCUT2D eigenvalue weighted by Gasteiger charge is 2.35. The van der Waals surface area contributed by atoms with Crippen LogP contribution in [-0.2, 0) is 30.3 Å². The van der Waals surface area contributed by atoms with Crippen LogP contribution in [0.2, 0.25) is 0 Å². The molecule has 3 N–H and O–H groups in total. The molecule has 2 unspecified atom stereocenters. The molecule has 0 spiro atoms. The fraction of sp³-hybridized carbons (Fsp3) is 0.407. The molecular weight excluding hydrogens is 478 g/mol. The average molecular weight is 514 g/mol. The number of nitrogens with one attached hydrogen (secondary N) is 2. The summed E-state index contributed by atoms with van der Waals surface area (Å²) in [6.45, 7) is 6.56. The molecule has 37 heavy (non-hydrogen) atoms. The van der Waals surface area contributed by atoms with Crippen LogP contribution in [0, 0.1) is 0 Å². The number of nitrogens with zero attached hydrogens (tertiary/aromatic N) is 1. The zero-order valence-electron chi connectivity index (χ0n) is 21.8. The third-order valence-corrected chi connectivity index (χ3v) is 5.30. The summed E-state index contributed by atoms with van der Waals surface area (Å²) < 4.78 is 9.97. The quantitative estimate of drug-likeness (QED) is 0.416. The molecule has 3 amide bonds. The van der Waals surface area contributed by atoms with Crippen molar-refractivity contribution in [2.75, 3.05) is 20.2 Å². The summed E-state index contributed by atoms with van der Waals surface area (Å²) in [7, 11) is 1.20. The Morgan fingerprint density at radius 1 is 1.00 bits per heavy atom. The van der Waals surface area contributed by atoms with E-state index >= 15 is 0 Å². The number of likely N-dealkylation sites (N-methyl/N-ethyl adjacent to an activating group) is 1. The molecule has 0 saturated carbocycles. The number of ether oxygens (including phenoxy) is 2. The number of aromatic hydroxyl groups is 1. The lowest BCUT2D eigenvalue weighted by Crippen LogP contribution is -2.54. The number of methoxy groups -OCH3 is 1. The summed E-state index contributed by atoms with van der Waals surface area (Å²) in [5.74, 6) is -1.81. The Labute approximate surface area is 216 Å². The standard InChI is InChI=1S/C27H35N3O7/c1-6-30(23(19-12-14-20(31)15-13-19)24(33)28-17-22(32)36-5)25(34)21(16-18-10-8-7-9-11-18)29-26(35)37-27(2,3)4/h7-15,21,23,31H,6,16-17H2,1-5H3,(H,28,33)(H,29,35). The molecule has 200 valence electrons. The van der Waals surface area contributed by atoms with E-state index in [1.54, 1.807) is 27.7 Å². The molecule has 2 rings (SSSR count). The monoisotopic (exact) mass is 513 g/mol. The summed E-state index contributed by atoms with van der Waals surface area (Å²) in [5.41, 5.74) is 0.424. The maximum Gasteiger partial charge on any atom is 0.408 e. The zero-order chi connectivity index (χ0) is 27.6. The highest BCUT2D eigenvalue weighted by atomic mass is 16.6. The Balaban J connectivity index is 2.43. The lowest BCUT2D eigenvalue weighted by atomic mass is 10.0. The van der Waals surface area contributed by atoms with Crippen LogP contribution in [0.5, 0.6) is 5.75 Å². The molecule has 10 heteroatoms. The summed E-state index contributed by atoms with van der Waals surface area (Å²) >= 11 is 0. The minimum Gasteiger partial charge on any atom is -0.508 e. The maximum atomic E-state index is 13.9. The minimum atomic E-state index is -1.15. The molecule has 0 fully saturated rings. The van der Waals surface area contributed by atoms with Crippen molar-refractivity contribution in [3.63, 3.8) is 0 Å². The van der Waals surface area contributed by atoms with Gasteiger partial charge in [-0.15, -0.1) is 0 Å². The molecule has 2 aromatic carbocycles. The number of hydrogen-bond acceptors (Lipinski definition) is 7. The average Bonchev–Trinajstić information content (AvgIpc) is 2.85. The zero-order valence-corrected chi connectivity index (χ0v) is 21.8. The second-order valence-electron chi connectivity index (χ2n) is 9.30. The van der Waals surface area contributed by atoms with Crippen LogP contribution in [0.4, 0.5) is 4.79 Å². The van der Waals surface area contributed by atoms with Crippen molar-refractivity contribution >= 4 is 23.9 Å². The fourth-order valence-corrected chi connectivity index (χ4v) is 3.62. The number of phenolic OH excluding ortho intramolecular Hbond substituents is 1. The van der Waals surface area contributed by atoms with Crippen LogP contribution in [0.15, 0.2) is 54.6 Å². The summed E-state index contributed by atoms with van der Waals surface area (Å²) in [4.78, 5) is 52.7. The molecular formula is C27H35N3O7. The molecule has 10 nitrogen and oxygen atoms in total. The minimum absolute atomic E-state index is 0.0135. The van der Waals surface area contributed by atoms with Gasteiger partial charge in [0.1, 0.15) is 30.0 Å². The third-order valence-electron chi connectivity index (χ3n) is 5.30. The predicted octanol–water partition coefficient (Wildman–Crippen LogP) is 2.71. The van der Waals surface area contributed by atoms with Gasteiger partial charge in [-0.25, -0.2) is 4.79 Å². The second kappa shape index (κ2) is 13.3. The number of alkyl carbamates (subject to hydrolysis) is 1. The van der Waals surface area contributed by atoms with E-state index in [4.69, 9.17) is 4.74 Å². The van der Waals surface area contributed by atoms with Crippen molar-refractivity contribution in [3.05, 3.63) is 65.7 Å². The van der Waals surface area contributed by atoms with Crippen molar-refractivity contribution in [3.8, 4) is 5.75 Å². The first-order valence-corrected chi connectivity index (χ1v) is 11.9. The topological polar surface area (TPSA) is 134 Å². The molecule has 0 saturated heterocycles. The Hall–Kier alpha value is -4.08. The lowest BCUT2D eigenvalue weighted by molar-refractivity contribution is -0.144. The summed E-state index contributed by atoms with van der Waals surface area (Å²) in [6, 6.07) is 12.8. The molecule has 0 radical (unpaired) electrons. The molecule has 0 aliphatic carbocycles. The molecule has 0 aromatic heterocycles. The van der Waals surface area contributed by atoms with Crippen molar-refractivity contribution in [1.82, 2.24) is 15.5 Å². The van der Waals surface area contributed by atoms with E-state index in [1.165, 1.54) is 36.3 Å². The van der Waals surface area contributed by atoms with Gasteiger partial charge in [-0.05, 0) is 51.0 Å². The summed E-state index contributed by atoms with van der Waals surface area (Å²) in [6.07, 6.45) is -0.615. The largest absolute Gasteiger partial charge is 0.508 e. The first-order chi connectivity index (χ1) is 17.4. The number of esters is 1. The number of amides is 3. The van der Waals surface area contributed by atoms with E-state index < -0.39 is 41.6 Å². The maximum absolute atomic E-state index is 13.9. The van der Waals surface area contributed by atoms with Crippen molar-refractivity contribution in [1.29, 1.82) is 0 Å². The third kappa shape index (κ3) is 9.14. The van der Waals surface area contributed by atoms with Crippen molar-refractivity contribution in [2.45, 2.75) is 51.8 Å². The normalized spacial score (nSPS) is 12.6. The number of benzene rings is 2. The predicted molar refractivity (Wildman–Crippen MR) is 137 cm³/mol. The Morgan fingerprint density at radius 2 is 1.62 bits per heavy atom. The van der Waals surface area contributed by atoms with Gasteiger partial charge >= 0.3 is 12.1 Å². The highest BCUT2D eigenvalue weighted by molar-refractivity contribution is 5.93. The summed E-state index contributed by atoms with van der Waals surface area (Å²) in [5, 5.41) is 14.9. The lowest BCUT2D eigenvalue weighted by Gasteiger charge is -2.33. The van der Waals surface area contributed by atoms with Crippen LogP contribution in [0.3, 0.4) is 0 Å². The van der Waals surface area contributed by atoms with E-state index in [0.29, 0.717) is 5.56 Å².